The molecule has 0 heterocycles. The average Bonchev–Trinajstić information content (AvgIpc) is 2.36. The molecule has 1 aromatic rings. The number of rotatable bonds is 8. The van der Waals surface area contributed by atoms with Crippen LogP contribution < -0.4 is 5.32 Å². The molecule has 0 aliphatic heterocycles. The van der Waals surface area contributed by atoms with Crippen molar-refractivity contribution in [3.8, 4) is 0 Å². The number of nitrogens with zero attached hydrogens (tertiary/aromatic N) is 1. The maximum atomic E-state index is 13.3. The highest BCUT2D eigenvalue weighted by Crippen LogP contribution is 2.20. The lowest BCUT2D eigenvalue weighted by molar-refractivity contribution is 0.220. The number of hydrogen-bond acceptors (Lipinski definition) is 2. The van der Waals surface area contributed by atoms with E-state index in [0.29, 0.717) is 11.6 Å². The summed E-state index contributed by atoms with van der Waals surface area (Å²) >= 11 is 0. The molecule has 20 heavy (non-hydrogen) atoms. The Bertz CT molecular complexity index is 387. The number of benzene rings is 1. The quantitative estimate of drug-likeness (QED) is 0.782. The molecule has 1 N–H and O–H groups in total. The predicted molar refractivity (Wildman–Crippen MR) is 79.8 cm³/mol. The molecule has 0 amide bonds. The molecule has 4 heteroatoms. The third kappa shape index (κ3) is 5.17. The molecule has 0 aliphatic carbocycles. The molecule has 0 aromatic heterocycles. The van der Waals surface area contributed by atoms with Crippen molar-refractivity contribution in [3.05, 3.63) is 35.4 Å². The second kappa shape index (κ2) is 8.32. The zero-order valence-electron chi connectivity index (χ0n) is 12.9. The van der Waals surface area contributed by atoms with Gasteiger partial charge in [-0.25, -0.2) is 8.78 Å². The van der Waals surface area contributed by atoms with E-state index in [2.05, 4.69) is 31.0 Å². The Morgan fingerprint density at radius 2 is 1.70 bits per heavy atom. The van der Waals surface area contributed by atoms with Gasteiger partial charge in [-0.1, -0.05) is 13.8 Å². The van der Waals surface area contributed by atoms with Crippen LogP contribution in [0.25, 0.3) is 0 Å². The highest BCUT2D eigenvalue weighted by molar-refractivity contribution is 5.21. The van der Waals surface area contributed by atoms with Gasteiger partial charge in [-0.05, 0) is 51.1 Å². The first kappa shape index (κ1) is 17.1. The van der Waals surface area contributed by atoms with Crippen LogP contribution >= 0.6 is 0 Å². The van der Waals surface area contributed by atoms with Gasteiger partial charge in [-0.2, -0.15) is 0 Å². The van der Waals surface area contributed by atoms with E-state index in [9.17, 15) is 8.78 Å². The molecule has 114 valence electrons. The van der Waals surface area contributed by atoms with Gasteiger partial charge in [0.05, 0.1) is 0 Å². The summed E-state index contributed by atoms with van der Waals surface area (Å²) in [6, 6.07) is 4.22. The lowest BCUT2D eigenvalue weighted by atomic mass is 10.0. The van der Waals surface area contributed by atoms with Gasteiger partial charge in [0.2, 0.25) is 0 Å². The van der Waals surface area contributed by atoms with Crippen molar-refractivity contribution < 1.29 is 8.78 Å². The zero-order valence-corrected chi connectivity index (χ0v) is 12.9. The van der Waals surface area contributed by atoms with E-state index >= 15 is 0 Å². The van der Waals surface area contributed by atoms with Crippen LogP contribution in [-0.4, -0.2) is 30.6 Å². The van der Waals surface area contributed by atoms with E-state index in [0.717, 1.165) is 32.1 Å². The van der Waals surface area contributed by atoms with Crippen molar-refractivity contribution in [2.75, 3.05) is 19.6 Å². The third-order valence-electron chi connectivity index (χ3n) is 3.58. The minimum atomic E-state index is -0.515. The maximum absolute atomic E-state index is 13.3. The average molecular weight is 284 g/mol. The van der Waals surface area contributed by atoms with Crippen molar-refractivity contribution in [2.24, 2.45) is 0 Å². The molecule has 0 bridgehead atoms. The first-order valence-electron chi connectivity index (χ1n) is 7.41. The molecular formula is C16H26F2N2. The highest BCUT2D eigenvalue weighted by Gasteiger charge is 2.15. The monoisotopic (exact) mass is 284 g/mol. The molecule has 0 radical (unpaired) electrons. The highest BCUT2D eigenvalue weighted by atomic mass is 19.1. The second-order valence-electron chi connectivity index (χ2n) is 5.32. The summed E-state index contributed by atoms with van der Waals surface area (Å²) in [5.41, 5.74) is 0.684. The van der Waals surface area contributed by atoms with Gasteiger partial charge in [0, 0.05) is 24.7 Å². The van der Waals surface area contributed by atoms with Crippen molar-refractivity contribution in [1.29, 1.82) is 0 Å². The van der Waals surface area contributed by atoms with E-state index in [1.54, 1.807) is 0 Å². The SMILES string of the molecule is CCNC(CCN(CC)C(C)C)c1cc(F)cc(F)c1. The van der Waals surface area contributed by atoms with Crippen molar-refractivity contribution in [3.63, 3.8) is 0 Å². The summed E-state index contributed by atoms with van der Waals surface area (Å²) in [4.78, 5) is 2.35. The topological polar surface area (TPSA) is 15.3 Å². The Labute approximate surface area is 121 Å². The molecule has 0 saturated heterocycles. The normalized spacial score (nSPS) is 13.2. The second-order valence-corrected chi connectivity index (χ2v) is 5.32. The van der Waals surface area contributed by atoms with Gasteiger partial charge in [-0.15, -0.1) is 0 Å². The van der Waals surface area contributed by atoms with Gasteiger partial charge in [0.1, 0.15) is 11.6 Å². The lowest BCUT2D eigenvalue weighted by Crippen LogP contribution is -2.34. The van der Waals surface area contributed by atoms with Crippen molar-refractivity contribution >= 4 is 0 Å². The van der Waals surface area contributed by atoms with Crippen molar-refractivity contribution in [1.82, 2.24) is 10.2 Å². The fourth-order valence-electron chi connectivity index (χ4n) is 2.49. The maximum Gasteiger partial charge on any atom is 0.126 e. The van der Waals surface area contributed by atoms with Gasteiger partial charge < -0.3 is 10.2 Å². The Hall–Kier alpha value is -1.00. The van der Waals surface area contributed by atoms with E-state index in [1.807, 2.05) is 6.92 Å². The number of nitrogens with one attached hydrogen (secondary N) is 1. The molecular weight excluding hydrogens is 258 g/mol. The summed E-state index contributed by atoms with van der Waals surface area (Å²) in [5, 5.41) is 3.31. The first-order valence-corrected chi connectivity index (χ1v) is 7.41. The molecule has 0 fully saturated rings. The fourth-order valence-corrected chi connectivity index (χ4v) is 2.49. The predicted octanol–water partition coefficient (Wildman–Crippen LogP) is 3.74. The first-order chi connectivity index (χ1) is 9.47. The number of halogens is 2. The zero-order chi connectivity index (χ0) is 15.1. The number of hydrogen-bond donors (Lipinski definition) is 1. The van der Waals surface area contributed by atoms with Crippen LogP contribution in [0.4, 0.5) is 8.78 Å². The molecule has 0 aliphatic rings. The van der Waals surface area contributed by atoms with Gasteiger partial charge in [0.25, 0.3) is 0 Å². The van der Waals surface area contributed by atoms with Crippen LogP contribution in [0.2, 0.25) is 0 Å². The van der Waals surface area contributed by atoms with E-state index in [-0.39, 0.29) is 6.04 Å². The molecule has 1 unspecified atom stereocenters. The largest absolute Gasteiger partial charge is 0.310 e. The third-order valence-corrected chi connectivity index (χ3v) is 3.58. The van der Waals surface area contributed by atoms with Gasteiger partial charge in [0.15, 0.2) is 0 Å². The van der Waals surface area contributed by atoms with E-state index < -0.39 is 11.6 Å². The van der Waals surface area contributed by atoms with Crippen LogP contribution in [0.5, 0.6) is 0 Å². The Balaban J connectivity index is 2.77. The standard InChI is InChI=1S/C16H26F2N2/c1-5-19-16(7-8-20(6-2)12(3)4)13-9-14(17)11-15(18)10-13/h9-12,16,19H,5-8H2,1-4H3. The molecule has 1 rings (SSSR count). The smallest absolute Gasteiger partial charge is 0.126 e. The van der Waals surface area contributed by atoms with E-state index in [4.69, 9.17) is 0 Å². The summed E-state index contributed by atoms with van der Waals surface area (Å²) in [5.74, 6) is -1.03. The van der Waals surface area contributed by atoms with Gasteiger partial charge in [-0.3, -0.25) is 0 Å². The molecule has 1 aromatic carbocycles. The summed E-state index contributed by atoms with van der Waals surface area (Å²) < 4.78 is 26.7. The Morgan fingerprint density at radius 1 is 1.10 bits per heavy atom. The summed E-state index contributed by atoms with van der Waals surface area (Å²) in [6.45, 7) is 11.1. The minimum absolute atomic E-state index is 0.0157. The lowest BCUT2D eigenvalue weighted by Gasteiger charge is -2.27. The fraction of sp³-hybridized carbons (Fsp3) is 0.625. The van der Waals surface area contributed by atoms with Crippen LogP contribution in [0.15, 0.2) is 18.2 Å². The Morgan fingerprint density at radius 3 is 2.15 bits per heavy atom. The van der Waals surface area contributed by atoms with Crippen LogP contribution in [-0.2, 0) is 0 Å². The summed E-state index contributed by atoms with van der Waals surface area (Å²) in [7, 11) is 0. The van der Waals surface area contributed by atoms with Crippen LogP contribution in [0.1, 0.15) is 45.7 Å². The molecule has 1 atom stereocenters. The Kier molecular flexibility index (Phi) is 7.10. The molecule has 2 nitrogen and oxygen atoms in total. The summed E-state index contributed by atoms with van der Waals surface area (Å²) in [6.07, 6.45) is 0.836. The van der Waals surface area contributed by atoms with Crippen molar-refractivity contribution in [2.45, 2.75) is 46.2 Å². The van der Waals surface area contributed by atoms with E-state index in [1.165, 1.54) is 12.1 Å². The van der Waals surface area contributed by atoms with Gasteiger partial charge >= 0.3 is 0 Å². The van der Waals surface area contributed by atoms with Crippen LogP contribution in [0.3, 0.4) is 0 Å². The minimum Gasteiger partial charge on any atom is -0.310 e. The molecule has 0 spiro atoms. The van der Waals surface area contributed by atoms with Crippen LogP contribution in [0, 0.1) is 11.6 Å². The molecule has 0 saturated carbocycles.